The number of alkyl carbamates (subject to hydrolysis) is 1. The largest absolute Gasteiger partial charge is 0.504 e. The molecule has 35 heavy (non-hydrogen) atoms. The number of carbonyl (C=O) groups excluding carboxylic acids is 2. The van der Waals surface area contributed by atoms with Crippen LogP contribution >= 0.6 is 0 Å². The van der Waals surface area contributed by atoms with Crippen LogP contribution in [-0.4, -0.2) is 45.8 Å². The zero-order valence-corrected chi connectivity index (χ0v) is 19.0. The van der Waals surface area contributed by atoms with Crippen molar-refractivity contribution in [2.45, 2.75) is 31.7 Å². The molecule has 0 saturated heterocycles. The van der Waals surface area contributed by atoms with Gasteiger partial charge in [-0.15, -0.1) is 0 Å². The molecule has 2 amide bonds. The number of carboxylic acids is 1. The van der Waals surface area contributed by atoms with E-state index in [4.69, 9.17) is 9.84 Å². The predicted octanol–water partition coefficient (Wildman–Crippen LogP) is 3.81. The number of fused-ring (bicyclic) bond motifs is 3. The molecule has 180 valence electrons. The zero-order chi connectivity index (χ0) is 24.9. The minimum atomic E-state index is -1.21. The first-order valence-corrected chi connectivity index (χ1v) is 11.1. The van der Waals surface area contributed by atoms with Crippen LogP contribution in [0.1, 0.15) is 35.6 Å². The highest BCUT2D eigenvalue weighted by Gasteiger charge is 2.30. The van der Waals surface area contributed by atoms with Crippen LogP contribution in [0.15, 0.2) is 60.7 Å². The molecule has 3 aromatic rings. The fourth-order valence-electron chi connectivity index (χ4n) is 4.16. The Kier molecular flexibility index (Phi) is 6.96. The number of rotatable bonds is 8. The van der Waals surface area contributed by atoms with Gasteiger partial charge in [-0.05, 0) is 47.7 Å². The number of anilines is 1. The molecule has 1 aliphatic rings. The van der Waals surface area contributed by atoms with Crippen molar-refractivity contribution in [2.75, 3.05) is 11.9 Å². The fourth-order valence-corrected chi connectivity index (χ4v) is 4.16. The molecule has 2 aromatic carbocycles. The van der Waals surface area contributed by atoms with Gasteiger partial charge in [0.05, 0.1) is 0 Å². The van der Waals surface area contributed by atoms with Crippen LogP contribution in [-0.2, 0) is 14.3 Å². The average molecular weight is 476 g/mol. The number of benzene rings is 2. The lowest BCUT2D eigenvalue weighted by Gasteiger charge is -2.19. The van der Waals surface area contributed by atoms with Crippen molar-refractivity contribution in [2.24, 2.45) is 0 Å². The molecule has 1 unspecified atom stereocenters. The number of carbonyl (C=O) groups is 3. The van der Waals surface area contributed by atoms with Gasteiger partial charge in [-0.1, -0.05) is 48.5 Å². The number of hydrogen-bond acceptors (Lipinski definition) is 6. The maximum Gasteiger partial charge on any atom is 0.407 e. The predicted molar refractivity (Wildman–Crippen MR) is 128 cm³/mol. The normalized spacial score (nSPS) is 12.8. The highest BCUT2D eigenvalue weighted by molar-refractivity contribution is 5.97. The van der Waals surface area contributed by atoms with Crippen molar-refractivity contribution < 1.29 is 29.3 Å². The molecular formula is C26H25N3O6. The van der Waals surface area contributed by atoms with Gasteiger partial charge in [0.2, 0.25) is 5.91 Å². The van der Waals surface area contributed by atoms with Gasteiger partial charge in [0.25, 0.3) is 0 Å². The van der Waals surface area contributed by atoms with E-state index in [-0.39, 0.29) is 36.9 Å². The third-order valence-electron chi connectivity index (χ3n) is 5.85. The van der Waals surface area contributed by atoms with Crippen LogP contribution in [0.3, 0.4) is 0 Å². The van der Waals surface area contributed by atoms with Crippen LogP contribution in [0.2, 0.25) is 0 Å². The van der Waals surface area contributed by atoms with E-state index in [0.717, 1.165) is 22.3 Å². The second kappa shape index (κ2) is 10.3. The molecule has 4 rings (SSSR count). The third-order valence-corrected chi connectivity index (χ3v) is 5.85. The quantitative estimate of drug-likeness (QED) is 0.389. The second-order valence-electron chi connectivity index (χ2n) is 8.26. The van der Waals surface area contributed by atoms with E-state index >= 15 is 0 Å². The first-order valence-electron chi connectivity index (χ1n) is 11.1. The average Bonchev–Trinajstić information content (AvgIpc) is 3.16. The number of hydrogen-bond donors (Lipinski definition) is 4. The third kappa shape index (κ3) is 5.40. The van der Waals surface area contributed by atoms with Crippen LogP contribution in [0.5, 0.6) is 5.75 Å². The summed E-state index contributed by atoms with van der Waals surface area (Å²) in [4.78, 5) is 40.6. The van der Waals surface area contributed by atoms with Gasteiger partial charge in [0.15, 0.2) is 11.6 Å². The minimum absolute atomic E-state index is 0.0490. The molecule has 0 saturated carbocycles. The van der Waals surface area contributed by atoms with E-state index in [1.807, 2.05) is 48.5 Å². The number of aromatic hydroxyl groups is 1. The molecule has 4 N–H and O–H groups in total. The summed E-state index contributed by atoms with van der Waals surface area (Å²) >= 11 is 0. The molecule has 1 heterocycles. The number of carboxylic acid groups (broad SMARTS) is 1. The summed E-state index contributed by atoms with van der Waals surface area (Å²) < 4.78 is 5.48. The van der Waals surface area contributed by atoms with Crippen LogP contribution in [0.25, 0.3) is 11.1 Å². The zero-order valence-electron chi connectivity index (χ0n) is 19.0. The summed E-state index contributed by atoms with van der Waals surface area (Å²) in [6.45, 7) is 1.74. The van der Waals surface area contributed by atoms with Gasteiger partial charge in [-0.2, -0.15) is 0 Å². The molecule has 0 fully saturated rings. The summed E-state index contributed by atoms with van der Waals surface area (Å²) in [7, 11) is 0. The summed E-state index contributed by atoms with van der Waals surface area (Å²) in [5.41, 5.74) is 4.82. The molecule has 0 bridgehead atoms. The Morgan fingerprint density at radius 3 is 2.26 bits per heavy atom. The SMILES string of the molecule is Cc1ccc(O)c(NC(=O)C(CCC(=O)O)NC(=O)OCC2c3ccccc3-c3ccccc32)n1. The smallest absolute Gasteiger partial charge is 0.407 e. The highest BCUT2D eigenvalue weighted by atomic mass is 16.5. The number of aliphatic carboxylic acids is 1. The maximum atomic E-state index is 12.8. The van der Waals surface area contributed by atoms with E-state index in [1.165, 1.54) is 6.07 Å². The standard InChI is InChI=1S/C26H25N3O6/c1-15-10-12-22(30)24(27-15)29-25(33)21(11-13-23(31)32)28-26(34)35-14-20-18-8-4-2-6-16(18)17-7-3-5-9-19(17)20/h2-10,12,20-21,30H,11,13-14H2,1H3,(H,28,34)(H,31,32)(H,27,29,33). The molecule has 0 aliphatic heterocycles. The molecule has 9 nitrogen and oxygen atoms in total. The molecule has 1 atom stereocenters. The molecule has 9 heteroatoms. The van der Waals surface area contributed by atoms with Crippen LogP contribution < -0.4 is 10.6 Å². The van der Waals surface area contributed by atoms with E-state index in [0.29, 0.717) is 5.69 Å². The van der Waals surface area contributed by atoms with Gasteiger partial charge < -0.3 is 25.6 Å². The van der Waals surface area contributed by atoms with Crippen molar-refractivity contribution >= 4 is 23.8 Å². The van der Waals surface area contributed by atoms with Gasteiger partial charge in [-0.3, -0.25) is 9.59 Å². The Labute approximate surface area is 201 Å². The molecule has 1 aliphatic carbocycles. The maximum absolute atomic E-state index is 12.8. The van der Waals surface area contributed by atoms with Crippen molar-refractivity contribution in [1.82, 2.24) is 10.3 Å². The molecular weight excluding hydrogens is 450 g/mol. The Bertz CT molecular complexity index is 1230. The topological polar surface area (TPSA) is 138 Å². The number of aromatic nitrogens is 1. The number of nitrogens with zero attached hydrogens (tertiary/aromatic N) is 1. The van der Waals surface area contributed by atoms with Gasteiger partial charge >= 0.3 is 12.1 Å². The minimum Gasteiger partial charge on any atom is -0.504 e. The Morgan fingerprint density at radius 2 is 1.63 bits per heavy atom. The number of ether oxygens (including phenoxy) is 1. The monoisotopic (exact) mass is 475 g/mol. The first kappa shape index (κ1) is 23.7. The van der Waals surface area contributed by atoms with E-state index < -0.39 is 24.0 Å². The summed E-state index contributed by atoms with van der Waals surface area (Å²) in [6.07, 6.45) is -1.37. The van der Waals surface area contributed by atoms with Crippen molar-refractivity contribution in [3.63, 3.8) is 0 Å². The van der Waals surface area contributed by atoms with Crippen molar-refractivity contribution in [3.05, 3.63) is 77.5 Å². The lowest BCUT2D eigenvalue weighted by atomic mass is 9.98. The summed E-state index contributed by atoms with van der Waals surface area (Å²) in [5, 5.41) is 23.9. The van der Waals surface area contributed by atoms with E-state index in [1.54, 1.807) is 13.0 Å². The number of aryl methyl sites for hydroxylation is 1. The Morgan fingerprint density at radius 1 is 1.00 bits per heavy atom. The lowest BCUT2D eigenvalue weighted by Crippen LogP contribution is -2.44. The Balaban J connectivity index is 1.44. The number of amides is 2. The number of nitrogens with one attached hydrogen (secondary N) is 2. The molecule has 1 aromatic heterocycles. The second-order valence-corrected chi connectivity index (χ2v) is 8.26. The molecule has 0 spiro atoms. The van der Waals surface area contributed by atoms with Crippen molar-refractivity contribution in [1.29, 1.82) is 0 Å². The van der Waals surface area contributed by atoms with E-state index in [2.05, 4.69) is 15.6 Å². The van der Waals surface area contributed by atoms with Gasteiger partial charge in [0, 0.05) is 18.0 Å². The fraction of sp³-hybridized carbons (Fsp3) is 0.231. The van der Waals surface area contributed by atoms with Crippen LogP contribution in [0, 0.1) is 6.92 Å². The summed E-state index contributed by atoms with van der Waals surface area (Å²) in [6, 6.07) is 17.5. The summed E-state index contributed by atoms with van der Waals surface area (Å²) in [5.74, 6) is -2.32. The molecule has 0 radical (unpaired) electrons. The first-order chi connectivity index (χ1) is 16.8. The van der Waals surface area contributed by atoms with Gasteiger partial charge in [0.1, 0.15) is 12.6 Å². The van der Waals surface area contributed by atoms with Crippen molar-refractivity contribution in [3.8, 4) is 16.9 Å². The Hall–Kier alpha value is -4.40. The van der Waals surface area contributed by atoms with Crippen LogP contribution in [0.4, 0.5) is 10.6 Å². The highest BCUT2D eigenvalue weighted by Crippen LogP contribution is 2.44. The number of pyridine rings is 1. The van der Waals surface area contributed by atoms with Gasteiger partial charge in [-0.25, -0.2) is 9.78 Å². The lowest BCUT2D eigenvalue weighted by molar-refractivity contribution is -0.137. The van der Waals surface area contributed by atoms with E-state index in [9.17, 15) is 19.5 Å².